The Morgan fingerprint density at radius 2 is 1.92 bits per heavy atom. The van der Waals surface area contributed by atoms with E-state index < -0.39 is 0 Å². The molecule has 0 bridgehead atoms. The highest BCUT2D eigenvalue weighted by molar-refractivity contribution is 4.80. The first-order valence-corrected chi connectivity index (χ1v) is 5.49. The van der Waals surface area contributed by atoms with Crippen LogP contribution in [0.15, 0.2) is 0 Å². The van der Waals surface area contributed by atoms with Gasteiger partial charge in [-0.2, -0.15) is 0 Å². The molecule has 1 heterocycles. The van der Waals surface area contributed by atoms with Crippen LogP contribution in [0.2, 0.25) is 0 Å². The van der Waals surface area contributed by atoms with Crippen LogP contribution in [0.1, 0.15) is 47.5 Å². The third kappa shape index (κ3) is 3.14. The van der Waals surface area contributed by atoms with Crippen molar-refractivity contribution in [2.45, 2.75) is 53.5 Å². The molecule has 0 aliphatic carbocycles. The van der Waals surface area contributed by atoms with Crippen LogP contribution in [-0.4, -0.2) is 24.0 Å². The second kappa shape index (κ2) is 6.47. The van der Waals surface area contributed by atoms with E-state index in [1.165, 1.54) is 25.9 Å². The standard InChI is InChI=1S/C9H19N.C2H6/c1-4-10-7-5-6-9(10)8(2)3;1-2/h8-9H,4-7H2,1-3H3;1-2H3/t9-;/m0./s1. The van der Waals surface area contributed by atoms with Crippen molar-refractivity contribution in [2.24, 2.45) is 5.92 Å². The van der Waals surface area contributed by atoms with Gasteiger partial charge >= 0.3 is 0 Å². The van der Waals surface area contributed by atoms with Gasteiger partial charge in [-0.3, -0.25) is 0 Å². The Kier molecular flexibility index (Phi) is 6.45. The van der Waals surface area contributed by atoms with Crippen molar-refractivity contribution in [1.29, 1.82) is 0 Å². The maximum Gasteiger partial charge on any atom is 0.0119 e. The summed E-state index contributed by atoms with van der Waals surface area (Å²) in [6.07, 6.45) is 2.84. The summed E-state index contributed by atoms with van der Waals surface area (Å²) >= 11 is 0. The molecule has 0 amide bonds. The van der Waals surface area contributed by atoms with E-state index in [0.29, 0.717) is 0 Å². The fourth-order valence-corrected chi connectivity index (χ4v) is 2.00. The van der Waals surface area contributed by atoms with Gasteiger partial charge in [0.05, 0.1) is 0 Å². The molecule has 0 radical (unpaired) electrons. The molecule has 0 N–H and O–H groups in total. The van der Waals surface area contributed by atoms with Crippen LogP contribution in [0.4, 0.5) is 0 Å². The Morgan fingerprint density at radius 3 is 2.25 bits per heavy atom. The molecular weight excluding hydrogens is 146 g/mol. The van der Waals surface area contributed by atoms with Crippen molar-refractivity contribution in [3.63, 3.8) is 0 Å². The largest absolute Gasteiger partial charge is 0.300 e. The van der Waals surface area contributed by atoms with E-state index in [0.717, 1.165) is 12.0 Å². The fraction of sp³-hybridized carbons (Fsp3) is 1.00. The van der Waals surface area contributed by atoms with Gasteiger partial charge in [0, 0.05) is 6.04 Å². The Morgan fingerprint density at radius 1 is 1.33 bits per heavy atom. The Hall–Kier alpha value is -0.0400. The van der Waals surface area contributed by atoms with Crippen molar-refractivity contribution in [3.05, 3.63) is 0 Å². The van der Waals surface area contributed by atoms with Crippen LogP contribution in [-0.2, 0) is 0 Å². The van der Waals surface area contributed by atoms with E-state index in [1.807, 2.05) is 13.8 Å². The first-order chi connectivity index (χ1) is 5.75. The first-order valence-electron chi connectivity index (χ1n) is 5.49. The lowest BCUT2D eigenvalue weighted by Crippen LogP contribution is -2.32. The summed E-state index contributed by atoms with van der Waals surface area (Å²) in [5, 5.41) is 0. The summed E-state index contributed by atoms with van der Waals surface area (Å²) in [7, 11) is 0. The van der Waals surface area contributed by atoms with Gasteiger partial charge in [0.1, 0.15) is 0 Å². The van der Waals surface area contributed by atoms with E-state index in [9.17, 15) is 0 Å². The van der Waals surface area contributed by atoms with Gasteiger partial charge in [0.2, 0.25) is 0 Å². The molecule has 1 atom stereocenters. The first kappa shape index (κ1) is 12.0. The molecule has 0 unspecified atom stereocenters. The maximum absolute atomic E-state index is 2.60. The lowest BCUT2D eigenvalue weighted by molar-refractivity contribution is 0.217. The Bertz CT molecular complexity index is 99.2. The predicted molar refractivity (Wildman–Crippen MR) is 56.5 cm³/mol. The topological polar surface area (TPSA) is 3.24 Å². The van der Waals surface area contributed by atoms with Crippen molar-refractivity contribution >= 4 is 0 Å². The van der Waals surface area contributed by atoms with Crippen LogP contribution in [0.5, 0.6) is 0 Å². The van der Waals surface area contributed by atoms with Crippen molar-refractivity contribution in [3.8, 4) is 0 Å². The summed E-state index contributed by atoms with van der Waals surface area (Å²) in [6, 6.07) is 0.880. The molecule has 0 aromatic carbocycles. The van der Waals surface area contributed by atoms with Crippen molar-refractivity contribution in [2.75, 3.05) is 13.1 Å². The lowest BCUT2D eigenvalue weighted by Gasteiger charge is -2.25. The molecule has 1 nitrogen and oxygen atoms in total. The number of hydrogen-bond donors (Lipinski definition) is 0. The van der Waals surface area contributed by atoms with E-state index in [1.54, 1.807) is 0 Å². The maximum atomic E-state index is 2.60. The van der Waals surface area contributed by atoms with Gasteiger partial charge in [0.15, 0.2) is 0 Å². The minimum atomic E-state index is 0.849. The fourth-order valence-electron chi connectivity index (χ4n) is 2.00. The predicted octanol–water partition coefficient (Wildman–Crippen LogP) is 3.15. The smallest absolute Gasteiger partial charge is 0.0119 e. The van der Waals surface area contributed by atoms with Gasteiger partial charge < -0.3 is 4.90 Å². The summed E-state index contributed by atoms with van der Waals surface area (Å²) in [5.74, 6) is 0.849. The molecule has 1 aliphatic heterocycles. The average molecular weight is 171 g/mol. The van der Waals surface area contributed by atoms with Crippen LogP contribution >= 0.6 is 0 Å². The molecule has 1 heteroatoms. The van der Waals surface area contributed by atoms with Crippen LogP contribution in [0.25, 0.3) is 0 Å². The molecule has 0 spiro atoms. The highest BCUT2D eigenvalue weighted by Gasteiger charge is 2.24. The van der Waals surface area contributed by atoms with Crippen LogP contribution in [0, 0.1) is 5.92 Å². The van der Waals surface area contributed by atoms with E-state index in [-0.39, 0.29) is 0 Å². The molecule has 0 aromatic heterocycles. The quantitative estimate of drug-likeness (QED) is 0.617. The van der Waals surface area contributed by atoms with Gasteiger partial charge in [0.25, 0.3) is 0 Å². The Balaban J connectivity index is 0.000000561. The normalized spacial score (nSPS) is 24.0. The molecule has 0 saturated carbocycles. The van der Waals surface area contributed by atoms with E-state index >= 15 is 0 Å². The summed E-state index contributed by atoms with van der Waals surface area (Å²) in [5.41, 5.74) is 0. The van der Waals surface area contributed by atoms with Crippen molar-refractivity contribution < 1.29 is 0 Å². The minimum Gasteiger partial charge on any atom is -0.300 e. The van der Waals surface area contributed by atoms with E-state index in [4.69, 9.17) is 0 Å². The van der Waals surface area contributed by atoms with Gasteiger partial charge in [-0.1, -0.05) is 34.6 Å². The second-order valence-electron chi connectivity index (χ2n) is 3.58. The zero-order valence-corrected chi connectivity index (χ0v) is 9.43. The molecule has 1 saturated heterocycles. The second-order valence-corrected chi connectivity index (χ2v) is 3.58. The van der Waals surface area contributed by atoms with Crippen LogP contribution in [0.3, 0.4) is 0 Å². The summed E-state index contributed by atoms with van der Waals surface area (Å²) in [6.45, 7) is 13.5. The molecule has 0 aromatic rings. The molecule has 74 valence electrons. The number of hydrogen-bond acceptors (Lipinski definition) is 1. The SMILES string of the molecule is CC.CCN1CCC[C@H]1C(C)C. The van der Waals surface area contributed by atoms with Gasteiger partial charge in [-0.25, -0.2) is 0 Å². The molecule has 1 fully saturated rings. The molecule has 12 heavy (non-hydrogen) atoms. The average Bonchev–Trinajstić information content (AvgIpc) is 2.55. The zero-order chi connectivity index (χ0) is 9.56. The summed E-state index contributed by atoms with van der Waals surface area (Å²) < 4.78 is 0. The van der Waals surface area contributed by atoms with Crippen LogP contribution < -0.4 is 0 Å². The van der Waals surface area contributed by atoms with Gasteiger partial charge in [-0.15, -0.1) is 0 Å². The molecule has 1 rings (SSSR count). The third-order valence-corrected chi connectivity index (χ3v) is 2.59. The van der Waals surface area contributed by atoms with Gasteiger partial charge in [-0.05, 0) is 31.8 Å². The highest BCUT2D eigenvalue weighted by atomic mass is 15.2. The third-order valence-electron chi connectivity index (χ3n) is 2.59. The zero-order valence-electron chi connectivity index (χ0n) is 9.43. The number of likely N-dealkylation sites (tertiary alicyclic amines) is 1. The highest BCUT2D eigenvalue weighted by Crippen LogP contribution is 2.22. The minimum absolute atomic E-state index is 0.849. The Labute approximate surface area is 78.1 Å². The molecule has 1 aliphatic rings. The van der Waals surface area contributed by atoms with Crippen molar-refractivity contribution in [1.82, 2.24) is 4.90 Å². The monoisotopic (exact) mass is 171 g/mol. The molecular formula is C11H25N. The summed E-state index contributed by atoms with van der Waals surface area (Å²) in [4.78, 5) is 2.60. The number of rotatable bonds is 2. The lowest BCUT2D eigenvalue weighted by atomic mass is 10.0. The van der Waals surface area contributed by atoms with E-state index in [2.05, 4.69) is 25.7 Å². The number of nitrogens with zero attached hydrogens (tertiary/aromatic N) is 1.